The molecule has 0 atom stereocenters. The molecular weight excluding hydrogens is 267 g/mol. The van der Waals surface area contributed by atoms with Crippen molar-refractivity contribution in [1.82, 2.24) is 0 Å². The first kappa shape index (κ1) is 14.0. The van der Waals surface area contributed by atoms with Crippen molar-refractivity contribution in [3.63, 3.8) is 0 Å². The molecule has 0 bridgehead atoms. The third-order valence-corrected chi connectivity index (χ3v) is 3.75. The number of ether oxygens (including phenoxy) is 1. The molecule has 0 spiro atoms. The second-order valence-electron chi connectivity index (χ2n) is 5.20. The van der Waals surface area contributed by atoms with E-state index in [0.717, 1.165) is 48.7 Å². The molecule has 21 heavy (non-hydrogen) atoms. The fourth-order valence-electron chi connectivity index (χ4n) is 2.64. The highest BCUT2D eigenvalue weighted by molar-refractivity contribution is 5.69. The minimum Gasteiger partial charge on any atom is -0.378 e. The first-order valence-corrected chi connectivity index (χ1v) is 7.19. The van der Waals surface area contributed by atoms with Crippen LogP contribution in [0.2, 0.25) is 0 Å². The summed E-state index contributed by atoms with van der Waals surface area (Å²) in [6.45, 7) is 3.62. The van der Waals surface area contributed by atoms with Gasteiger partial charge in [0.15, 0.2) is 0 Å². The Bertz CT molecular complexity index is 624. The number of hydrogen-bond donors (Lipinski definition) is 1. The summed E-state index contributed by atoms with van der Waals surface area (Å²) in [4.78, 5) is 2.29. The Kier molecular flexibility index (Phi) is 4.18. The van der Waals surface area contributed by atoms with E-state index in [-0.39, 0.29) is 5.82 Å². The number of hydrogen-bond acceptors (Lipinski definition) is 3. The largest absolute Gasteiger partial charge is 0.378 e. The summed E-state index contributed by atoms with van der Waals surface area (Å²) in [5.74, 6) is -0.246. The smallest absolute Gasteiger partial charge is 0.124 e. The summed E-state index contributed by atoms with van der Waals surface area (Å²) in [5, 5.41) is 0. The maximum absolute atomic E-state index is 13.7. The number of morpholine rings is 1. The monoisotopic (exact) mass is 286 g/mol. The standard InChI is InChI=1S/C17H19FN2O/c18-16-9-13(12-19)8-15(10-16)14-2-1-3-17(11-14)20-4-6-21-7-5-20/h1-3,8-11H,4-7,12,19H2. The zero-order chi connectivity index (χ0) is 14.7. The van der Waals surface area contributed by atoms with Crippen LogP contribution in [0, 0.1) is 5.82 Å². The summed E-state index contributed by atoms with van der Waals surface area (Å²) in [6, 6.07) is 13.2. The van der Waals surface area contributed by atoms with Gasteiger partial charge in [-0.2, -0.15) is 0 Å². The lowest BCUT2D eigenvalue weighted by Crippen LogP contribution is -2.36. The fraction of sp³-hybridized carbons (Fsp3) is 0.294. The highest BCUT2D eigenvalue weighted by Crippen LogP contribution is 2.26. The van der Waals surface area contributed by atoms with Crippen molar-refractivity contribution < 1.29 is 9.13 Å². The van der Waals surface area contributed by atoms with Crippen molar-refractivity contribution in [3.05, 3.63) is 53.8 Å². The van der Waals surface area contributed by atoms with Crippen LogP contribution in [0.3, 0.4) is 0 Å². The molecule has 0 saturated carbocycles. The Morgan fingerprint density at radius 3 is 2.62 bits per heavy atom. The van der Waals surface area contributed by atoms with E-state index >= 15 is 0 Å². The molecule has 4 heteroatoms. The number of rotatable bonds is 3. The Morgan fingerprint density at radius 2 is 1.86 bits per heavy atom. The molecule has 3 rings (SSSR count). The molecule has 1 aliphatic rings. The van der Waals surface area contributed by atoms with E-state index in [2.05, 4.69) is 17.0 Å². The van der Waals surface area contributed by atoms with E-state index in [0.29, 0.717) is 6.54 Å². The Hall–Kier alpha value is -1.91. The van der Waals surface area contributed by atoms with Crippen molar-refractivity contribution in [3.8, 4) is 11.1 Å². The summed E-state index contributed by atoms with van der Waals surface area (Å²) >= 11 is 0. The average molecular weight is 286 g/mol. The van der Waals surface area contributed by atoms with Crippen LogP contribution >= 0.6 is 0 Å². The van der Waals surface area contributed by atoms with E-state index in [9.17, 15) is 4.39 Å². The van der Waals surface area contributed by atoms with Crippen LogP contribution in [-0.4, -0.2) is 26.3 Å². The van der Waals surface area contributed by atoms with E-state index in [4.69, 9.17) is 10.5 Å². The molecule has 0 amide bonds. The average Bonchev–Trinajstić information content (AvgIpc) is 2.55. The van der Waals surface area contributed by atoms with Crippen LogP contribution in [-0.2, 0) is 11.3 Å². The van der Waals surface area contributed by atoms with Crippen LogP contribution in [0.25, 0.3) is 11.1 Å². The zero-order valence-corrected chi connectivity index (χ0v) is 11.9. The van der Waals surface area contributed by atoms with Gasteiger partial charge in [0.05, 0.1) is 13.2 Å². The van der Waals surface area contributed by atoms with Gasteiger partial charge < -0.3 is 15.4 Å². The lowest BCUT2D eigenvalue weighted by molar-refractivity contribution is 0.122. The van der Waals surface area contributed by atoms with Crippen LogP contribution in [0.5, 0.6) is 0 Å². The minimum atomic E-state index is -0.246. The van der Waals surface area contributed by atoms with Gasteiger partial charge in [0.1, 0.15) is 5.82 Å². The van der Waals surface area contributed by atoms with E-state index in [1.54, 1.807) is 6.07 Å². The number of halogens is 1. The van der Waals surface area contributed by atoms with Crippen molar-refractivity contribution >= 4 is 5.69 Å². The Balaban J connectivity index is 1.93. The van der Waals surface area contributed by atoms with Crippen LogP contribution in [0.15, 0.2) is 42.5 Å². The topological polar surface area (TPSA) is 38.5 Å². The summed E-state index contributed by atoms with van der Waals surface area (Å²) in [5.41, 5.74) is 9.45. The maximum Gasteiger partial charge on any atom is 0.124 e. The molecule has 1 aliphatic heterocycles. The summed E-state index contributed by atoms with van der Waals surface area (Å²) < 4.78 is 19.0. The molecule has 1 heterocycles. The second-order valence-corrected chi connectivity index (χ2v) is 5.20. The van der Waals surface area contributed by atoms with E-state index in [1.807, 2.05) is 18.2 Å². The Morgan fingerprint density at radius 1 is 1.05 bits per heavy atom. The zero-order valence-electron chi connectivity index (χ0n) is 11.9. The highest BCUT2D eigenvalue weighted by atomic mass is 19.1. The van der Waals surface area contributed by atoms with Gasteiger partial charge in [0.25, 0.3) is 0 Å². The van der Waals surface area contributed by atoms with Gasteiger partial charge in [0.2, 0.25) is 0 Å². The second kappa shape index (κ2) is 6.24. The predicted octanol–water partition coefficient (Wildman–Crippen LogP) is 2.79. The third kappa shape index (κ3) is 3.23. The molecule has 0 radical (unpaired) electrons. The molecule has 3 nitrogen and oxygen atoms in total. The molecular formula is C17H19FN2O. The van der Waals surface area contributed by atoms with Gasteiger partial charge in [0, 0.05) is 25.3 Å². The van der Waals surface area contributed by atoms with Crippen LogP contribution < -0.4 is 10.6 Å². The molecule has 1 saturated heterocycles. The number of nitrogens with two attached hydrogens (primary N) is 1. The lowest BCUT2D eigenvalue weighted by atomic mass is 10.0. The first-order chi connectivity index (χ1) is 10.3. The molecule has 0 aliphatic carbocycles. The van der Waals surface area contributed by atoms with E-state index in [1.165, 1.54) is 6.07 Å². The molecule has 2 aromatic rings. The van der Waals surface area contributed by atoms with Crippen molar-refractivity contribution in [2.45, 2.75) is 6.54 Å². The van der Waals surface area contributed by atoms with Gasteiger partial charge in [-0.1, -0.05) is 12.1 Å². The molecule has 110 valence electrons. The summed E-state index contributed by atoms with van der Waals surface area (Å²) in [6.07, 6.45) is 0. The van der Waals surface area contributed by atoms with Crippen LogP contribution in [0.1, 0.15) is 5.56 Å². The van der Waals surface area contributed by atoms with E-state index < -0.39 is 0 Å². The van der Waals surface area contributed by atoms with Crippen LogP contribution in [0.4, 0.5) is 10.1 Å². The van der Waals surface area contributed by atoms with Crippen molar-refractivity contribution in [1.29, 1.82) is 0 Å². The SMILES string of the molecule is NCc1cc(F)cc(-c2cccc(N3CCOCC3)c2)c1. The third-order valence-electron chi connectivity index (χ3n) is 3.75. The molecule has 2 N–H and O–H groups in total. The molecule has 0 aromatic heterocycles. The molecule has 0 unspecified atom stereocenters. The fourth-order valence-corrected chi connectivity index (χ4v) is 2.64. The maximum atomic E-state index is 13.7. The van der Waals surface area contributed by atoms with Gasteiger partial charge in [-0.05, 0) is 47.0 Å². The summed E-state index contributed by atoms with van der Waals surface area (Å²) in [7, 11) is 0. The van der Waals surface area contributed by atoms with Gasteiger partial charge in [-0.25, -0.2) is 4.39 Å². The Labute approximate surface area is 124 Å². The number of benzene rings is 2. The highest BCUT2D eigenvalue weighted by Gasteiger charge is 2.12. The van der Waals surface area contributed by atoms with Gasteiger partial charge in [-0.3, -0.25) is 0 Å². The van der Waals surface area contributed by atoms with Gasteiger partial charge in [-0.15, -0.1) is 0 Å². The number of nitrogens with zero attached hydrogens (tertiary/aromatic N) is 1. The van der Waals surface area contributed by atoms with Gasteiger partial charge >= 0.3 is 0 Å². The molecule has 2 aromatic carbocycles. The minimum absolute atomic E-state index is 0.246. The number of anilines is 1. The normalized spacial score (nSPS) is 15.2. The lowest BCUT2D eigenvalue weighted by Gasteiger charge is -2.29. The van der Waals surface area contributed by atoms with Crippen molar-refractivity contribution in [2.24, 2.45) is 5.73 Å². The molecule has 1 fully saturated rings. The first-order valence-electron chi connectivity index (χ1n) is 7.19. The quantitative estimate of drug-likeness (QED) is 0.943. The predicted molar refractivity (Wildman–Crippen MR) is 82.8 cm³/mol. The van der Waals surface area contributed by atoms with Crippen molar-refractivity contribution in [2.75, 3.05) is 31.2 Å².